The van der Waals surface area contributed by atoms with Gasteiger partial charge in [-0.25, -0.2) is 0 Å². The van der Waals surface area contributed by atoms with Crippen LogP contribution in [0.25, 0.3) is 0 Å². The van der Waals surface area contributed by atoms with Crippen molar-refractivity contribution in [2.75, 3.05) is 5.73 Å². The van der Waals surface area contributed by atoms with Crippen LogP contribution in [0.1, 0.15) is 16.7 Å². The molecule has 1 aromatic carbocycles. The van der Waals surface area contributed by atoms with E-state index < -0.39 is 10.1 Å². The van der Waals surface area contributed by atoms with Crippen LogP contribution in [-0.4, -0.2) is 13.0 Å². The van der Waals surface area contributed by atoms with Crippen LogP contribution in [0, 0.1) is 20.8 Å². The lowest BCUT2D eigenvalue weighted by Gasteiger charge is -2.11. The van der Waals surface area contributed by atoms with Gasteiger partial charge in [0.1, 0.15) is 4.90 Å². The SMILES string of the molecule is Cc1cc(C)c(S(=O)(=O)O)c(C)c1N. The maximum atomic E-state index is 11.0. The molecule has 0 spiro atoms. The molecule has 0 saturated carbocycles. The molecule has 0 aliphatic heterocycles. The lowest BCUT2D eigenvalue weighted by Crippen LogP contribution is -2.07. The van der Waals surface area contributed by atoms with Crippen LogP contribution >= 0.6 is 0 Å². The van der Waals surface area contributed by atoms with Crippen molar-refractivity contribution in [1.82, 2.24) is 0 Å². The molecule has 4 nitrogen and oxygen atoms in total. The molecule has 5 heteroatoms. The Hall–Kier alpha value is -1.07. The van der Waals surface area contributed by atoms with E-state index in [-0.39, 0.29) is 4.90 Å². The Bertz CT molecular complexity index is 477. The van der Waals surface area contributed by atoms with Gasteiger partial charge in [-0.3, -0.25) is 4.55 Å². The summed E-state index contributed by atoms with van der Waals surface area (Å²) in [5.74, 6) is 0. The average molecular weight is 215 g/mol. The predicted molar refractivity (Wildman–Crippen MR) is 54.9 cm³/mol. The maximum absolute atomic E-state index is 11.0. The van der Waals surface area contributed by atoms with Gasteiger partial charge in [0, 0.05) is 5.69 Å². The minimum atomic E-state index is -4.18. The second kappa shape index (κ2) is 3.25. The minimum absolute atomic E-state index is 0.0828. The number of aryl methyl sites for hydroxylation is 2. The Kier molecular flexibility index (Phi) is 2.56. The highest BCUT2D eigenvalue weighted by Gasteiger charge is 2.18. The van der Waals surface area contributed by atoms with E-state index in [4.69, 9.17) is 10.3 Å². The van der Waals surface area contributed by atoms with Crippen LogP contribution in [-0.2, 0) is 10.1 Å². The quantitative estimate of drug-likeness (QED) is 0.548. The normalized spacial score (nSPS) is 11.7. The summed E-state index contributed by atoms with van der Waals surface area (Å²) in [6.07, 6.45) is 0. The van der Waals surface area contributed by atoms with E-state index in [1.54, 1.807) is 26.8 Å². The molecular formula is C9H13NO3S. The molecular weight excluding hydrogens is 202 g/mol. The molecule has 0 unspecified atom stereocenters. The number of hydrogen-bond acceptors (Lipinski definition) is 3. The molecule has 0 aliphatic rings. The summed E-state index contributed by atoms with van der Waals surface area (Å²) < 4.78 is 31.1. The lowest BCUT2D eigenvalue weighted by molar-refractivity contribution is 0.482. The molecule has 1 rings (SSSR count). The minimum Gasteiger partial charge on any atom is -0.398 e. The fourth-order valence-electron chi connectivity index (χ4n) is 1.58. The molecule has 0 atom stereocenters. The van der Waals surface area contributed by atoms with Gasteiger partial charge >= 0.3 is 0 Å². The van der Waals surface area contributed by atoms with Crippen molar-refractivity contribution in [3.8, 4) is 0 Å². The number of rotatable bonds is 1. The highest BCUT2D eigenvalue weighted by molar-refractivity contribution is 7.86. The summed E-state index contributed by atoms with van der Waals surface area (Å²) in [5, 5.41) is 0. The summed E-state index contributed by atoms with van der Waals surface area (Å²) in [7, 11) is -4.18. The average Bonchev–Trinajstić information content (AvgIpc) is 1.97. The van der Waals surface area contributed by atoms with Gasteiger partial charge in [0.05, 0.1) is 0 Å². The van der Waals surface area contributed by atoms with Crippen molar-refractivity contribution in [3.05, 3.63) is 22.8 Å². The molecule has 1 aromatic rings. The zero-order valence-electron chi connectivity index (χ0n) is 8.33. The van der Waals surface area contributed by atoms with Crippen LogP contribution < -0.4 is 5.73 Å². The molecule has 0 bridgehead atoms. The molecule has 0 heterocycles. The van der Waals surface area contributed by atoms with E-state index in [1.165, 1.54) is 0 Å². The molecule has 0 aliphatic carbocycles. The molecule has 14 heavy (non-hydrogen) atoms. The van der Waals surface area contributed by atoms with Gasteiger partial charge in [-0.1, -0.05) is 6.07 Å². The number of benzene rings is 1. The van der Waals surface area contributed by atoms with E-state index in [0.29, 0.717) is 16.8 Å². The molecule has 0 amide bonds. The fraction of sp³-hybridized carbons (Fsp3) is 0.333. The molecule has 0 radical (unpaired) electrons. The highest BCUT2D eigenvalue weighted by Crippen LogP contribution is 2.27. The second-order valence-corrected chi connectivity index (χ2v) is 4.71. The largest absolute Gasteiger partial charge is 0.398 e. The Balaban J connectivity index is 3.70. The zero-order chi connectivity index (χ0) is 11.1. The first-order chi connectivity index (χ1) is 6.25. The maximum Gasteiger partial charge on any atom is 0.295 e. The van der Waals surface area contributed by atoms with Crippen LogP contribution in [0.5, 0.6) is 0 Å². The summed E-state index contributed by atoms with van der Waals surface area (Å²) >= 11 is 0. The lowest BCUT2D eigenvalue weighted by atomic mass is 10.1. The van der Waals surface area contributed by atoms with Crippen molar-refractivity contribution in [3.63, 3.8) is 0 Å². The number of hydrogen-bond donors (Lipinski definition) is 2. The third kappa shape index (κ3) is 1.73. The Morgan fingerprint density at radius 2 is 1.71 bits per heavy atom. The number of nitrogens with two attached hydrogens (primary N) is 1. The van der Waals surface area contributed by atoms with Gasteiger partial charge in [0.15, 0.2) is 0 Å². The summed E-state index contributed by atoms with van der Waals surface area (Å²) in [6.45, 7) is 5.00. The molecule has 3 N–H and O–H groups in total. The molecule has 78 valence electrons. The Morgan fingerprint density at radius 1 is 1.21 bits per heavy atom. The third-order valence-corrected chi connectivity index (χ3v) is 3.36. The van der Waals surface area contributed by atoms with Gasteiger partial charge < -0.3 is 5.73 Å². The fourth-order valence-corrected chi connectivity index (χ4v) is 2.54. The van der Waals surface area contributed by atoms with Crippen molar-refractivity contribution in [1.29, 1.82) is 0 Å². The summed E-state index contributed by atoms with van der Waals surface area (Å²) in [4.78, 5) is -0.0828. The number of anilines is 1. The standard InChI is InChI=1S/C9H13NO3S/c1-5-4-6(2)9(14(11,12)13)7(3)8(5)10/h4H,10H2,1-3H3,(H,11,12,13). The number of nitrogen functional groups attached to an aromatic ring is 1. The van der Waals surface area contributed by atoms with E-state index >= 15 is 0 Å². The third-order valence-electron chi connectivity index (χ3n) is 2.22. The Labute approximate surface area is 83.5 Å². The summed E-state index contributed by atoms with van der Waals surface area (Å²) in [6, 6.07) is 1.64. The highest BCUT2D eigenvalue weighted by atomic mass is 32.2. The monoisotopic (exact) mass is 215 g/mol. The smallest absolute Gasteiger partial charge is 0.295 e. The van der Waals surface area contributed by atoms with Gasteiger partial charge in [0.2, 0.25) is 0 Å². The first kappa shape index (κ1) is 11.0. The molecule has 0 aromatic heterocycles. The van der Waals surface area contributed by atoms with Crippen molar-refractivity contribution in [2.24, 2.45) is 0 Å². The van der Waals surface area contributed by atoms with Crippen molar-refractivity contribution >= 4 is 15.8 Å². The van der Waals surface area contributed by atoms with Crippen molar-refractivity contribution in [2.45, 2.75) is 25.7 Å². The van der Waals surface area contributed by atoms with Crippen LogP contribution in [0.2, 0.25) is 0 Å². The van der Waals surface area contributed by atoms with Gasteiger partial charge in [0.25, 0.3) is 10.1 Å². The summed E-state index contributed by atoms with van der Waals surface area (Å²) in [5.41, 5.74) is 7.81. The van der Waals surface area contributed by atoms with Crippen molar-refractivity contribution < 1.29 is 13.0 Å². The molecule has 0 saturated heterocycles. The Morgan fingerprint density at radius 3 is 2.14 bits per heavy atom. The first-order valence-corrected chi connectivity index (χ1v) is 5.53. The van der Waals surface area contributed by atoms with E-state index in [1.807, 2.05) is 0 Å². The van der Waals surface area contributed by atoms with E-state index in [2.05, 4.69) is 0 Å². The van der Waals surface area contributed by atoms with Crippen LogP contribution in [0.3, 0.4) is 0 Å². The topological polar surface area (TPSA) is 80.4 Å². The van der Waals surface area contributed by atoms with E-state index in [9.17, 15) is 8.42 Å². The zero-order valence-corrected chi connectivity index (χ0v) is 9.14. The predicted octanol–water partition coefficient (Wildman–Crippen LogP) is 1.44. The molecule has 0 fully saturated rings. The van der Waals surface area contributed by atoms with Crippen LogP contribution in [0.15, 0.2) is 11.0 Å². The second-order valence-electron chi connectivity index (χ2n) is 3.35. The first-order valence-electron chi connectivity index (χ1n) is 4.09. The van der Waals surface area contributed by atoms with Crippen LogP contribution in [0.4, 0.5) is 5.69 Å². The van der Waals surface area contributed by atoms with Gasteiger partial charge in [-0.2, -0.15) is 8.42 Å². The van der Waals surface area contributed by atoms with Gasteiger partial charge in [-0.05, 0) is 37.5 Å². The van der Waals surface area contributed by atoms with E-state index in [0.717, 1.165) is 5.56 Å². The van der Waals surface area contributed by atoms with Gasteiger partial charge in [-0.15, -0.1) is 0 Å².